The molecule has 1 rings (SSSR count). The van der Waals surface area contributed by atoms with Gasteiger partial charge in [0.15, 0.2) is 0 Å². The first-order chi connectivity index (χ1) is 7.10. The van der Waals surface area contributed by atoms with E-state index in [2.05, 4.69) is 0 Å². The Morgan fingerprint density at radius 1 is 1.67 bits per heavy atom. The lowest BCUT2D eigenvalue weighted by Gasteiger charge is -2.12. The molecule has 4 nitrogen and oxygen atoms in total. The maximum Gasteiger partial charge on any atom is 0.312 e. The highest BCUT2D eigenvalue weighted by atomic mass is 35.5. The monoisotopic (exact) mass is 229 g/mol. The molecule has 0 aromatic heterocycles. The van der Waals surface area contributed by atoms with E-state index in [1.165, 1.54) is 7.11 Å². The molecule has 15 heavy (non-hydrogen) atoms. The minimum Gasteiger partial charge on any atom is -0.497 e. The van der Waals surface area contributed by atoms with Crippen molar-refractivity contribution < 1.29 is 14.6 Å². The summed E-state index contributed by atoms with van der Waals surface area (Å²) in [5, 5.41) is 9.26. The van der Waals surface area contributed by atoms with E-state index in [1.54, 1.807) is 18.2 Å². The Morgan fingerprint density at radius 3 is 2.73 bits per heavy atom. The largest absolute Gasteiger partial charge is 0.497 e. The summed E-state index contributed by atoms with van der Waals surface area (Å²) in [7, 11) is 1.52. The maximum atomic E-state index is 10.9. The summed E-state index contributed by atoms with van der Waals surface area (Å²) in [6, 6.07) is 4.85. The molecule has 0 heterocycles. The van der Waals surface area contributed by atoms with Gasteiger partial charge in [0.1, 0.15) is 5.75 Å². The van der Waals surface area contributed by atoms with Crippen LogP contribution in [-0.4, -0.2) is 24.7 Å². The molecule has 1 aromatic rings. The zero-order chi connectivity index (χ0) is 11.4. The molecule has 1 unspecified atom stereocenters. The number of carbonyl (C=O) groups is 1. The fourth-order valence-corrected chi connectivity index (χ4v) is 1.58. The van der Waals surface area contributed by atoms with Crippen molar-refractivity contribution in [1.82, 2.24) is 0 Å². The zero-order valence-electron chi connectivity index (χ0n) is 8.24. The number of benzene rings is 1. The molecular formula is C10H12ClNO3. The number of methoxy groups -OCH3 is 1. The number of rotatable bonds is 4. The van der Waals surface area contributed by atoms with Gasteiger partial charge in [-0.05, 0) is 17.7 Å². The van der Waals surface area contributed by atoms with Gasteiger partial charge in [-0.25, -0.2) is 0 Å². The number of aliphatic carboxylic acids is 1. The normalized spacial score (nSPS) is 12.2. The first-order valence-electron chi connectivity index (χ1n) is 4.36. The molecule has 0 radical (unpaired) electrons. The van der Waals surface area contributed by atoms with E-state index in [9.17, 15) is 4.79 Å². The molecule has 1 aromatic carbocycles. The minimum absolute atomic E-state index is 0.0153. The van der Waals surface area contributed by atoms with Gasteiger partial charge in [0.25, 0.3) is 0 Å². The van der Waals surface area contributed by atoms with Crippen LogP contribution in [0, 0.1) is 0 Å². The molecule has 0 aliphatic heterocycles. The van der Waals surface area contributed by atoms with Gasteiger partial charge in [-0.15, -0.1) is 0 Å². The number of nitrogens with two attached hydrogens (primary N) is 1. The van der Waals surface area contributed by atoms with Crippen molar-refractivity contribution in [2.24, 2.45) is 5.73 Å². The molecular weight excluding hydrogens is 218 g/mol. The number of ether oxygens (including phenoxy) is 1. The van der Waals surface area contributed by atoms with Crippen LogP contribution in [0.15, 0.2) is 18.2 Å². The van der Waals surface area contributed by atoms with Gasteiger partial charge in [0, 0.05) is 11.6 Å². The third-order valence-electron chi connectivity index (χ3n) is 2.12. The first kappa shape index (κ1) is 11.8. The number of carboxylic acid groups (broad SMARTS) is 1. The van der Waals surface area contributed by atoms with E-state index in [1.807, 2.05) is 0 Å². The Morgan fingerprint density at radius 2 is 2.33 bits per heavy atom. The molecule has 3 N–H and O–H groups in total. The fraction of sp³-hybridized carbons (Fsp3) is 0.300. The van der Waals surface area contributed by atoms with Crippen LogP contribution in [0.5, 0.6) is 5.75 Å². The van der Waals surface area contributed by atoms with Crippen LogP contribution in [-0.2, 0) is 4.79 Å². The Kier molecular flexibility index (Phi) is 3.94. The number of carboxylic acids is 1. The second-order valence-corrected chi connectivity index (χ2v) is 3.42. The van der Waals surface area contributed by atoms with Gasteiger partial charge in [0.05, 0.1) is 13.0 Å². The summed E-state index contributed by atoms with van der Waals surface area (Å²) in [6.07, 6.45) is 0. The fourth-order valence-electron chi connectivity index (χ4n) is 1.28. The summed E-state index contributed by atoms with van der Waals surface area (Å²) in [4.78, 5) is 10.9. The summed E-state index contributed by atoms with van der Waals surface area (Å²) in [6.45, 7) is 0.0153. The third-order valence-corrected chi connectivity index (χ3v) is 2.44. The predicted molar refractivity (Wildman–Crippen MR) is 57.4 cm³/mol. The second-order valence-electron chi connectivity index (χ2n) is 3.01. The molecule has 0 fully saturated rings. The highest BCUT2D eigenvalue weighted by Crippen LogP contribution is 2.28. The molecule has 5 heteroatoms. The molecule has 0 spiro atoms. The SMILES string of the molecule is COc1ccc(C(CN)C(=O)O)c(Cl)c1. The molecule has 0 saturated heterocycles. The summed E-state index contributed by atoms with van der Waals surface area (Å²) >= 11 is 5.93. The smallest absolute Gasteiger partial charge is 0.312 e. The average Bonchev–Trinajstić information content (AvgIpc) is 2.20. The molecule has 0 aliphatic carbocycles. The number of hydrogen-bond donors (Lipinski definition) is 2. The van der Waals surface area contributed by atoms with Crippen LogP contribution in [0.2, 0.25) is 5.02 Å². The first-order valence-corrected chi connectivity index (χ1v) is 4.74. The molecule has 0 aliphatic rings. The van der Waals surface area contributed by atoms with E-state index >= 15 is 0 Å². The Hall–Kier alpha value is -1.26. The van der Waals surface area contributed by atoms with E-state index in [-0.39, 0.29) is 6.54 Å². The van der Waals surface area contributed by atoms with Gasteiger partial charge in [-0.1, -0.05) is 17.7 Å². The third kappa shape index (κ3) is 2.61. The van der Waals surface area contributed by atoms with Gasteiger partial charge in [-0.3, -0.25) is 4.79 Å². The quantitative estimate of drug-likeness (QED) is 0.820. The topological polar surface area (TPSA) is 72.5 Å². The van der Waals surface area contributed by atoms with Crippen molar-refractivity contribution >= 4 is 17.6 Å². The van der Waals surface area contributed by atoms with E-state index in [0.29, 0.717) is 16.3 Å². The summed E-state index contributed by atoms with van der Waals surface area (Å²) in [5.41, 5.74) is 5.88. The highest BCUT2D eigenvalue weighted by Gasteiger charge is 2.20. The lowest BCUT2D eigenvalue weighted by Crippen LogP contribution is -2.21. The van der Waals surface area contributed by atoms with E-state index < -0.39 is 11.9 Å². The molecule has 0 bridgehead atoms. The number of hydrogen-bond acceptors (Lipinski definition) is 3. The van der Waals surface area contributed by atoms with Crippen LogP contribution in [0.1, 0.15) is 11.5 Å². The standard InChI is InChI=1S/C10H12ClNO3/c1-15-6-2-3-7(9(11)4-6)8(5-12)10(13)14/h2-4,8H,5,12H2,1H3,(H,13,14). The Bertz CT molecular complexity index is 368. The Balaban J connectivity index is 3.08. The van der Waals surface area contributed by atoms with Crippen molar-refractivity contribution in [3.8, 4) is 5.75 Å². The lowest BCUT2D eigenvalue weighted by molar-refractivity contribution is -0.138. The van der Waals surface area contributed by atoms with Crippen LogP contribution in [0.25, 0.3) is 0 Å². The van der Waals surface area contributed by atoms with Crippen molar-refractivity contribution in [3.63, 3.8) is 0 Å². The van der Waals surface area contributed by atoms with E-state index in [0.717, 1.165) is 0 Å². The maximum absolute atomic E-state index is 10.9. The van der Waals surface area contributed by atoms with Crippen molar-refractivity contribution in [3.05, 3.63) is 28.8 Å². The van der Waals surface area contributed by atoms with Crippen molar-refractivity contribution in [2.45, 2.75) is 5.92 Å². The second kappa shape index (κ2) is 5.00. The average molecular weight is 230 g/mol. The Labute approximate surface area is 92.6 Å². The molecule has 82 valence electrons. The summed E-state index contributed by atoms with van der Waals surface area (Å²) in [5.74, 6) is -1.17. The molecule has 0 amide bonds. The van der Waals surface area contributed by atoms with Crippen molar-refractivity contribution in [1.29, 1.82) is 0 Å². The van der Waals surface area contributed by atoms with Gasteiger partial charge < -0.3 is 15.6 Å². The van der Waals surface area contributed by atoms with Crippen molar-refractivity contribution in [2.75, 3.05) is 13.7 Å². The van der Waals surface area contributed by atoms with Crippen LogP contribution in [0.4, 0.5) is 0 Å². The van der Waals surface area contributed by atoms with Crippen LogP contribution >= 0.6 is 11.6 Å². The minimum atomic E-state index is -0.982. The molecule has 0 saturated carbocycles. The van der Waals surface area contributed by atoms with Crippen LogP contribution < -0.4 is 10.5 Å². The van der Waals surface area contributed by atoms with Gasteiger partial charge in [0.2, 0.25) is 0 Å². The van der Waals surface area contributed by atoms with Gasteiger partial charge >= 0.3 is 5.97 Å². The highest BCUT2D eigenvalue weighted by molar-refractivity contribution is 6.31. The summed E-state index contributed by atoms with van der Waals surface area (Å²) < 4.78 is 4.96. The number of halogens is 1. The molecule has 1 atom stereocenters. The van der Waals surface area contributed by atoms with Crippen LogP contribution in [0.3, 0.4) is 0 Å². The zero-order valence-corrected chi connectivity index (χ0v) is 8.99. The van der Waals surface area contributed by atoms with Gasteiger partial charge in [-0.2, -0.15) is 0 Å². The lowest BCUT2D eigenvalue weighted by atomic mass is 9.99. The predicted octanol–water partition coefficient (Wildman–Crippen LogP) is 1.48. The van der Waals surface area contributed by atoms with E-state index in [4.69, 9.17) is 27.2 Å².